The van der Waals surface area contributed by atoms with Crippen LogP contribution in [-0.4, -0.2) is 16.1 Å². The van der Waals surface area contributed by atoms with E-state index in [9.17, 15) is 4.79 Å². The predicted molar refractivity (Wildman–Crippen MR) is 61.4 cm³/mol. The first kappa shape index (κ1) is 10.4. The summed E-state index contributed by atoms with van der Waals surface area (Å²) in [7, 11) is 0. The van der Waals surface area contributed by atoms with Crippen LogP contribution in [0.2, 0.25) is 0 Å². The van der Waals surface area contributed by atoms with Gasteiger partial charge in [-0.2, -0.15) is 0 Å². The molecule has 16 heavy (non-hydrogen) atoms. The number of hydrogen-bond acceptors (Lipinski definition) is 2. The molecule has 2 aromatic rings. The molecule has 0 unspecified atom stereocenters. The van der Waals surface area contributed by atoms with Gasteiger partial charge in [-0.1, -0.05) is 18.2 Å². The van der Waals surface area contributed by atoms with Gasteiger partial charge in [0.2, 0.25) is 0 Å². The number of carboxylic acids is 1. The largest absolute Gasteiger partial charge is 0.478 e. The Balaban J connectivity index is 2.53. The molecule has 0 aliphatic carbocycles. The maximum Gasteiger partial charge on any atom is 0.335 e. The molecule has 0 bridgehead atoms. The van der Waals surface area contributed by atoms with Gasteiger partial charge in [0.25, 0.3) is 0 Å². The number of nitrogens with zero attached hydrogens (tertiary/aromatic N) is 1. The minimum absolute atomic E-state index is 0.292. The molecule has 0 saturated carbocycles. The minimum atomic E-state index is -0.914. The molecule has 3 nitrogen and oxygen atoms in total. The molecule has 0 amide bonds. The molecule has 3 heteroatoms. The Hall–Kier alpha value is -2.16. The van der Waals surface area contributed by atoms with Crippen LogP contribution in [0.4, 0.5) is 0 Å². The number of carbonyl (C=O) groups is 1. The Morgan fingerprint density at radius 2 is 2.06 bits per heavy atom. The Morgan fingerprint density at radius 1 is 1.25 bits per heavy atom. The maximum atomic E-state index is 10.9. The number of carboxylic acid groups (broad SMARTS) is 1. The van der Waals surface area contributed by atoms with Gasteiger partial charge in [-0.3, -0.25) is 4.98 Å². The molecule has 1 aromatic carbocycles. The second kappa shape index (κ2) is 4.14. The third-order valence-corrected chi connectivity index (χ3v) is 2.43. The summed E-state index contributed by atoms with van der Waals surface area (Å²) in [5.74, 6) is -0.914. The Morgan fingerprint density at radius 3 is 2.75 bits per heavy atom. The normalized spacial score (nSPS) is 10.1. The summed E-state index contributed by atoms with van der Waals surface area (Å²) >= 11 is 0. The van der Waals surface area contributed by atoms with Crippen molar-refractivity contribution in [3.05, 3.63) is 53.9 Å². The lowest BCUT2D eigenvalue weighted by Crippen LogP contribution is -1.96. The molecule has 1 heterocycles. The van der Waals surface area contributed by atoms with Crippen LogP contribution >= 0.6 is 0 Å². The fourth-order valence-electron chi connectivity index (χ4n) is 1.61. The van der Waals surface area contributed by atoms with Gasteiger partial charge in [0.15, 0.2) is 0 Å². The fourth-order valence-corrected chi connectivity index (χ4v) is 1.61. The first-order valence-corrected chi connectivity index (χ1v) is 4.94. The zero-order valence-corrected chi connectivity index (χ0v) is 8.84. The Labute approximate surface area is 93.4 Å². The summed E-state index contributed by atoms with van der Waals surface area (Å²) in [6.07, 6.45) is 1.72. The summed E-state index contributed by atoms with van der Waals surface area (Å²) < 4.78 is 0. The van der Waals surface area contributed by atoms with E-state index in [-0.39, 0.29) is 0 Å². The highest BCUT2D eigenvalue weighted by molar-refractivity contribution is 5.89. The van der Waals surface area contributed by atoms with Crippen molar-refractivity contribution in [3.63, 3.8) is 0 Å². The van der Waals surface area contributed by atoms with Crippen LogP contribution < -0.4 is 0 Å². The highest BCUT2D eigenvalue weighted by atomic mass is 16.4. The van der Waals surface area contributed by atoms with Gasteiger partial charge in [-0.25, -0.2) is 4.79 Å². The fraction of sp³-hybridized carbons (Fsp3) is 0.0769. The van der Waals surface area contributed by atoms with Crippen molar-refractivity contribution >= 4 is 5.97 Å². The van der Waals surface area contributed by atoms with Gasteiger partial charge in [0, 0.05) is 17.5 Å². The lowest BCUT2D eigenvalue weighted by Gasteiger charge is -2.05. The molecule has 0 aliphatic heterocycles. The van der Waals surface area contributed by atoms with Crippen molar-refractivity contribution in [2.75, 3.05) is 0 Å². The number of pyridine rings is 1. The number of benzene rings is 1. The highest BCUT2D eigenvalue weighted by Crippen LogP contribution is 2.22. The SMILES string of the molecule is Cc1ncccc1-c1cccc(C(=O)O)c1. The summed E-state index contributed by atoms with van der Waals surface area (Å²) in [4.78, 5) is 15.0. The van der Waals surface area contributed by atoms with Gasteiger partial charge < -0.3 is 5.11 Å². The van der Waals surface area contributed by atoms with Crippen molar-refractivity contribution in [2.45, 2.75) is 6.92 Å². The molecule has 1 aromatic heterocycles. The summed E-state index contributed by atoms with van der Waals surface area (Å²) in [5.41, 5.74) is 3.03. The van der Waals surface area contributed by atoms with E-state index >= 15 is 0 Å². The van der Waals surface area contributed by atoms with Gasteiger partial charge in [-0.15, -0.1) is 0 Å². The van der Waals surface area contributed by atoms with Gasteiger partial charge in [0.05, 0.1) is 5.56 Å². The summed E-state index contributed by atoms with van der Waals surface area (Å²) in [5, 5.41) is 8.91. The summed E-state index contributed by atoms with van der Waals surface area (Å²) in [6, 6.07) is 10.6. The van der Waals surface area contributed by atoms with Crippen LogP contribution in [0, 0.1) is 6.92 Å². The van der Waals surface area contributed by atoms with Gasteiger partial charge in [0.1, 0.15) is 0 Å². The van der Waals surface area contributed by atoms with Crippen molar-refractivity contribution in [1.82, 2.24) is 4.98 Å². The van der Waals surface area contributed by atoms with E-state index in [1.807, 2.05) is 25.1 Å². The first-order valence-electron chi connectivity index (χ1n) is 4.94. The lowest BCUT2D eigenvalue weighted by atomic mass is 10.0. The minimum Gasteiger partial charge on any atom is -0.478 e. The number of aromatic nitrogens is 1. The van der Waals surface area contributed by atoms with Crippen LogP contribution in [0.15, 0.2) is 42.6 Å². The van der Waals surface area contributed by atoms with Gasteiger partial charge in [-0.05, 0) is 30.7 Å². The molecule has 0 fully saturated rings. The van der Waals surface area contributed by atoms with E-state index in [4.69, 9.17) is 5.11 Å². The zero-order chi connectivity index (χ0) is 11.5. The highest BCUT2D eigenvalue weighted by Gasteiger charge is 2.06. The van der Waals surface area contributed by atoms with Crippen molar-refractivity contribution in [1.29, 1.82) is 0 Å². The van der Waals surface area contributed by atoms with Crippen LogP contribution in [-0.2, 0) is 0 Å². The predicted octanol–water partition coefficient (Wildman–Crippen LogP) is 2.76. The van der Waals surface area contributed by atoms with Crippen LogP contribution in [0.1, 0.15) is 16.1 Å². The second-order valence-corrected chi connectivity index (χ2v) is 3.52. The average Bonchev–Trinajstić information content (AvgIpc) is 2.30. The van der Waals surface area contributed by atoms with Crippen LogP contribution in [0.25, 0.3) is 11.1 Å². The van der Waals surface area contributed by atoms with E-state index in [1.165, 1.54) is 0 Å². The number of hydrogen-bond donors (Lipinski definition) is 1. The molecule has 0 spiro atoms. The van der Waals surface area contributed by atoms with E-state index in [0.29, 0.717) is 5.56 Å². The van der Waals surface area contributed by atoms with E-state index < -0.39 is 5.97 Å². The standard InChI is InChI=1S/C13H11NO2/c1-9-12(6-3-7-14-9)10-4-2-5-11(8-10)13(15)16/h2-8H,1H3,(H,15,16). The molecule has 0 saturated heterocycles. The maximum absolute atomic E-state index is 10.9. The second-order valence-electron chi connectivity index (χ2n) is 3.52. The average molecular weight is 213 g/mol. The Bertz CT molecular complexity index is 535. The van der Waals surface area contributed by atoms with Crippen LogP contribution in [0.3, 0.4) is 0 Å². The molecular weight excluding hydrogens is 202 g/mol. The molecular formula is C13H11NO2. The summed E-state index contributed by atoms with van der Waals surface area (Å²) in [6.45, 7) is 1.91. The quantitative estimate of drug-likeness (QED) is 0.834. The van der Waals surface area contributed by atoms with E-state index in [0.717, 1.165) is 16.8 Å². The van der Waals surface area contributed by atoms with Crippen molar-refractivity contribution < 1.29 is 9.90 Å². The number of aryl methyl sites for hydroxylation is 1. The molecule has 0 atom stereocenters. The molecule has 2 rings (SSSR count). The van der Waals surface area contributed by atoms with Gasteiger partial charge >= 0.3 is 5.97 Å². The van der Waals surface area contributed by atoms with Crippen LogP contribution in [0.5, 0.6) is 0 Å². The van der Waals surface area contributed by atoms with E-state index in [1.54, 1.807) is 24.4 Å². The monoisotopic (exact) mass is 213 g/mol. The third-order valence-electron chi connectivity index (χ3n) is 2.43. The topological polar surface area (TPSA) is 50.2 Å². The molecule has 0 aliphatic rings. The van der Waals surface area contributed by atoms with Crippen molar-refractivity contribution in [2.24, 2.45) is 0 Å². The van der Waals surface area contributed by atoms with E-state index in [2.05, 4.69) is 4.98 Å². The first-order chi connectivity index (χ1) is 7.68. The van der Waals surface area contributed by atoms with Crippen molar-refractivity contribution in [3.8, 4) is 11.1 Å². The lowest BCUT2D eigenvalue weighted by molar-refractivity contribution is 0.0697. The smallest absolute Gasteiger partial charge is 0.335 e. The number of rotatable bonds is 2. The zero-order valence-electron chi connectivity index (χ0n) is 8.84. The number of aromatic carboxylic acids is 1. The Kier molecular flexibility index (Phi) is 2.68. The third kappa shape index (κ3) is 1.93. The molecule has 0 radical (unpaired) electrons. The molecule has 80 valence electrons. The molecule has 1 N–H and O–H groups in total.